The lowest BCUT2D eigenvalue weighted by Gasteiger charge is -2.18. The summed E-state index contributed by atoms with van der Waals surface area (Å²) in [7, 11) is 0. The fraction of sp³-hybridized carbons (Fsp3) is 0.250. The molecule has 1 aromatic carbocycles. The molecule has 0 atom stereocenters. The number of thiazole rings is 1. The average molecular weight is 325 g/mol. The molecule has 7 heteroatoms. The van der Waals surface area contributed by atoms with Gasteiger partial charge in [0.25, 0.3) is 5.91 Å². The van der Waals surface area contributed by atoms with E-state index in [2.05, 4.69) is 20.4 Å². The fourth-order valence-corrected chi connectivity index (χ4v) is 3.36. The number of aryl methyl sites for hydroxylation is 1. The molecule has 116 valence electrons. The molecule has 23 heavy (non-hydrogen) atoms. The number of benzene rings is 1. The van der Waals surface area contributed by atoms with Crippen LogP contribution < -0.4 is 4.90 Å². The SMILES string of the molecule is Cc1csc(N(C(=O)c2n[nH]nc2-c2ccccc2)C2CC2)n1. The Hall–Kier alpha value is -2.54. The second kappa shape index (κ2) is 5.58. The van der Waals surface area contributed by atoms with E-state index in [0.29, 0.717) is 11.4 Å². The number of carbonyl (C=O) groups is 1. The molecule has 0 unspecified atom stereocenters. The van der Waals surface area contributed by atoms with Gasteiger partial charge in [0.15, 0.2) is 10.8 Å². The van der Waals surface area contributed by atoms with Crippen LogP contribution in [-0.2, 0) is 0 Å². The van der Waals surface area contributed by atoms with Crippen molar-refractivity contribution >= 4 is 22.4 Å². The minimum absolute atomic E-state index is 0.144. The molecular formula is C16H15N5OS. The largest absolute Gasteiger partial charge is 0.283 e. The highest BCUT2D eigenvalue weighted by atomic mass is 32.1. The maximum atomic E-state index is 13.1. The van der Waals surface area contributed by atoms with Gasteiger partial charge in [-0.05, 0) is 19.8 Å². The Morgan fingerprint density at radius 2 is 2.04 bits per heavy atom. The number of carbonyl (C=O) groups excluding carboxylic acids is 1. The van der Waals surface area contributed by atoms with Crippen LogP contribution in [0.2, 0.25) is 0 Å². The molecule has 6 nitrogen and oxygen atoms in total. The molecule has 0 aliphatic heterocycles. The number of aromatic nitrogens is 4. The first-order valence-electron chi connectivity index (χ1n) is 7.46. The van der Waals surface area contributed by atoms with Crippen LogP contribution in [0, 0.1) is 6.92 Å². The van der Waals surface area contributed by atoms with Gasteiger partial charge in [-0.2, -0.15) is 15.4 Å². The number of anilines is 1. The highest BCUT2D eigenvalue weighted by molar-refractivity contribution is 7.14. The average Bonchev–Trinajstić information content (AvgIpc) is 3.10. The smallest absolute Gasteiger partial charge is 0.279 e. The van der Waals surface area contributed by atoms with Crippen LogP contribution in [0.1, 0.15) is 29.0 Å². The summed E-state index contributed by atoms with van der Waals surface area (Å²) in [6.07, 6.45) is 2.01. The first-order valence-corrected chi connectivity index (χ1v) is 8.34. The monoisotopic (exact) mass is 325 g/mol. The van der Waals surface area contributed by atoms with Crippen LogP contribution in [0.25, 0.3) is 11.3 Å². The molecule has 1 aliphatic rings. The lowest BCUT2D eigenvalue weighted by molar-refractivity contribution is 0.0981. The quantitative estimate of drug-likeness (QED) is 0.800. The van der Waals surface area contributed by atoms with Gasteiger partial charge in [-0.15, -0.1) is 11.3 Å². The van der Waals surface area contributed by atoms with Gasteiger partial charge >= 0.3 is 0 Å². The second-order valence-electron chi connectivity index (χ2n) is 5.56. The number of amides is 1. The molecule has 0 saturated heterocycles. The zero-order chi connectivity index (χ0) is 15.8. The Labute approximate surface area is 137 Å². The van der Waals surface area contributed by atoms with Crippen LogP contribution >= 0.6 is 11.3 Å². The van der Waals surface area contributed by atoms with Crippen LogP contribution in [0.3, 0.4) is 0 Å². The Bertz CT molecular complexity index is 837. The molecule has 2 heterocycles. The van der Waals surface area contributed by atoms with Crippen molar-refractivity contribution in [1.82, 2.24) is 20.4 Å². The highest BCUT2D eigenvalue weighted by Gasteiger charge is 2.38. The van der Waals surface area contributed by atoms with Gasteiger partial charge in [0.2, 0.25) is 0 Å². The van der Waals surface area contributed by atoms with E-state index in [1.807, 2.05) is 42.6 Å². The van der Waals surface area contributed by atoms with E-state index in [1.54, 1.807) is 4.90 Å². The molecule has 0 bridgehead atoms. The summed E-state index contributed by atoms with van der Waals surface area (Å²) in [4.78, 5) is 19.3. The van der Waals surface area contributed by atoms with Crippen molar-refractivity contribution in [1.29, 1.82) is 0 Å². The first kappa shape index (κ1) is 14.1. The van der Waals surface area contributed by atoms with Crippen LogP contribution in [0.4, 0.5) is 5.13 Å². The molecule has 2 aromatic heterocycles. The number of nitrogens with one attached hydrogen (secondary N) is 1. The number of rotatable bonds is 4. The molecule has 1 N–H and O–H groups in total. The van der Waals surface area contributed by atoms with E-state index in [1.165, 1.54) is 11.3 Å². The normalized spacial score (nSPS) is 14.0. The third-order valence-electron chi connectivity index (χ3n) is 3.74. The number of aromatic amines is 1. The predicted octanol–water partition coefficient (Wildman–Crippen LogP) is 3.05. The van der Waals surface area contributed by atoms with E-state index in [4.69, 9.17) is 0 Å². The van der Waals surface area contributed by atoms with Gasteiger partial charge in [0.05, 0.1) is 5.69 Å². The van der Waals surface area contributed by atoms with E-state index >= 15 is 0 Å². The molecule has 1 saturated carbocycles. The summed E-state index contributed by atoms with van der Waals surface area (Å²) in [5.74, 6) is -0.144. The molecule has 1 aliphatic carbocycles. The van der Waals surface area contributed by atoms with E-state index in [-0.39, 0.29) is 11.9 Å². The van der Waals surface area contributed by atoms with Gasteiger partial charge in [-0.25, -0.2) is 4.98 Å². The summed E-state index contributed by atoms with van der Waals surface area (Å²) < 4.78 is 0. The number of nitrogens with zero attached hydrogens (tertiary/aromatic N) is 4. The summed E-state index contributed by atoms with van der Waals surface area (Å²) >= 11 is 1.49. The second-order valence-corrected chi connectivity index (χ2v) is 6.40. The number of hydrogen-bond acceptors (Lipinski definition) is 5. The topological polar surface area (TPSA) is 74.8 Å². The van der Waals surface area contributed by atoms with Crippen molar-refractivity contribution in [3.63, 3.8) is 0 Å². The maximum absolute atomic E-state index is 13.1. The third-order valence-corrected chi connectivity index (χ3v) is 4.70. The number of hydrogen-bond donors (Lipinski definition) is 1. The molecule has 3 aromatic rings. The van der Waals surface area contributed by atoms with Crippen LogP contribution in [0.5, 0.6) is 0 Å². The van der Waals surface area contributed by atoms with E-state index < -0.39 is 0 Å². The Morgan fingerprint density at radius 1 is 1.26 bits per heavy atom. The van der Waals surface area contributed by atoms with Crippen molar-refractivity contribution < 1.29 is 4.79 Å². The summed E-state index contributed by atoms with van der Waals surface area (Å²) in [6, 6.07) is 9.82. The Balaban J connectivity index is 1.73. The Kier molecular flexibility index (Phi) is 3.42. The maximum Gasteiger partial charge on any atom is 0.283 e. The third kappa shape index (κ3) is 2.63. The first-order chi connectivity index (χ1) is 11.2. The molecule has 4 rings (SSSR count). The minimum atomic E-state index is -0.144. The van der Waals surface area contributed by atoms with Gasteiger partial charge in [0.1, 0.15) is 5.69 Å². The predicted molar refractivity (Wildman–Crippen MR) is 88.5 cm³/mol. The van der Waals surface area contributed by atoms with Gasteiger partial charge in [-0.1, -0.05) is 30.3 Å². The van der Waals surface area contributed by atoms with Gasteiger partial charge in [0, 0.05) is 17.0 Å². The summed E-state index contributed by atoms with van der Waals surface area (Å²) in [5, 5.41) is 13.5. The van der Waals surface area contributed by atoms with Crippen molar-refractivity contribution in [3.05, 3.63) is 47.1 Å². The standard InChI is InChI=1S/C16H15N5OS/c1-10-9-23-16(17-10)21(12-7-8-12)15(22)14-13(18-20-19-14)11-5-3-2-4-6-11/h2-6,9,12H,7-8H2,1H3,(H,18,19,20). The lowest BCUT2D eigenvalue weighted by Crippen LogP contribution is -2.33. The van der Waals surface area contributed by atoms with Gasteiger partial charge < -0.3 is 0 Å². The fourth-order valence-electron chi connectivity index (χ4n) is 2.49. The molecular weight excluding hydrogens is 310 g/mol. The van der Waals surface area contributed by atoms with Crippen LogP contribution in [0.15, 0.2) is 35.7 Å². The molecule has 0 radical (unpaired) electrons. The lowest BCUT2D eigenvalue weighted by atomic mass is 10.1. The molecule has 0 spiro atoms. The molecule has 1 fully saturated rings. The van der Waals surface area contributed by atoms with Crippen molar-refractivity contribution in [2.75, 3.05) is 4.90 Å². The zero-order valence-electron chi connectivity index (χ0n) is 12.6. The zero-order valence-corrected chi connectivity index (χ0v) is 13.4. The van der Waals surface area contributed by atoms with Crippen molar-refractivity contribution in [3.8, 4) is 11.3 Å². The van der Waals surface area contributed by atoms with E-state index in [9.17, 15) is 4.79 Å². The molecule has 1 amide bonds. The Morgan fingerprint density at radius 3 is 2.70 bits per heavy atom. The highest BCUT2D eigenvalue weighted by Crippen LogP contribution is 2.35. The summed E-state index contributed by atoms with van der Waals surface area (Å²) in [6.45, 7) is 1.93. The van der Waals surface area contributed by atoms with Crippen molar-refractivity contribution in [2.45, 2.75) is 25.8 Å². The minimum Gasteiger partial charge on any atom is -0.279 e. The van der Waals surface area contributed by atoms with Gasteiger partial charge in [-0.3, -0.25) is 9.69 Å². The van der Waals surface area contributed by atoms with Crippen molar-refractivity contribution in [2.24, 2.45) is 0 Å². The summed E-state index contributed by atoms with van der Waals surface area (Å²) in [5.41, 5.74) is 2.72. The van der Waals surface area contributed by atoms with Crippen LogP contribution in [-0.4, -0.2) is 32.3 Å². The van der Waals surface area contributed by atoms with E-state index in [0.717, 1.165) is 29.2 Å². The number of H-pyrrole nitrogens is 1.